The van der Waals surface area contributed by atoms with Crippen LogP contribution in [-0.2, 0) is 17.8 Å². The first-order valence-electron chi connectivity index (χ1n) is 9.89. The Kier molecular flexibility index (Phi) is 3.85. The van der Waals surface area contributed by atoms with Gasteiger partial charge in [-0.15, -0.1) is 0 Å². The highest BCUT2D eigenvalue weighted by Crippen LogP contribution is 2.45. The van der Waals surface area contributed by atoms with Crippen molar-refractivity contribution in [3.8, 4) is 5.69 Å². The Hall–Kier alpha value is -2.14. The molecule has 5 rings (SSSR count). The summed E-state index contributed by atoms with van der Waals surface area (Å²) in [6, 6.07) is 10.3. The van der Waals surface area contributed by atoms with E-state index in [1.807, 2.05) is 29.1 Å². The predicted octanol–water partition coefficient (Wildman–Crippen LogP) is 2.54. The van der Waals surface area contributed by atoms with Crippen LogP contribution in [0.15, 0.2) is 36.5 Å². The van der Waals surface area contributed by atoms with Crippen LogP contribution in [0.1, 0.15) is 36.9 Å². The van der Waals surface area contributed by atoms with E-state index >= 15 is 0 Å². The Morgan fingerprint density at radius 3 is 3.00 bits per heavy atom. The first-order chi connectivity index (χ1) is 12.8. The van der Waals surface area contributed by atoms with Crippen LogP contribution in [0.5, 0.6) is 0 Å². The summed E-state index contributed by atoms with van der Waals surface area (Å²) in [6.07, 6.45) is 7.54. The third kappa shape index (κ3) is 2.41. The number of hydrogen-bond acceptors (Lipinski definition) is 3. The summed E-state index contributed by atoms with van der Waals surface area (Å²) in [4.78, 5) is 15.6. The van der Waals surface area contributed by atoms with Gasteiger partial charge in [-0.1, -0.05) is 31.0 Å². The Labute approximate surface area is 154 Å². The van der Waals surface area contributed by atoms with Gasteiger partial charge in [0.05, 0.1) is 23.0 Å². The second-order valence-electron chi connectivity index (χ2n) is 8.07. The van der Waals surface area contributed by atoms with Crippen molar-refractivity contribution in [2.45, 2.75) is 38.6 Å². The third-order valence-electron chi connectivity index (χ3n) is 6.69. The van der Waals surface area contributed by atoms with Gasteiger partial charge < -0.3 is 10.2 Å². The van der Waals surface area contributed by atoms with E-state index in [0.29, 0.717) is 18.4 Å². The third-order valence-corrected chi connectivity index (χ3v) is 6.69. The van der Waals surface area contributed by atoms with Crippen molar-refractivity contribution in [1.82, 2.24) is 20.0 Å². The van der Waals surface area contributed by atoms with E-state index in [4.69, 9.17) is 0 Å². The van der Waals surface area contributed by atoms with Gasteiger partial charge >= 0.3 is 0 Å². The van der Waals surface area contributed by atoms with Gasteiger partial charge in [0.1, 0.15) is 0 Å². The van der Waals surface area contributed by atoms with Crippen LogP contribution < -0.4 is 5.32 Å². The number of para-hydroxylation sites is 1. The molecule has 0 spiro atoms. The van der Waals surface area contributed by atoms with Crippen molar-refractivity contribution in [3.05, 3.63) is 47.8 Å². The summed E-state index contributed by atoms with van der Waals surface area (Å²) in [5, 5.41) is 8.11. The number of aromatic nitrogens is 2. The van der Waals surface area contributed by atoms with Crippen molar-refractivity contribution in [2.75, 3.05) is 19.6 Å². The van der Waals surface area contributed by atoms with Crippen molar-refractivity contribution in [3.63, 3.8) is 0 Å². The summed E-state index contributed by atoms with van der Waals surface area (Å²) in [5.74, 6) is 0.905. The maximum Gasteiger partial charge on any atom is 0.230 e. The molecule has 1 aromatic carbocycles. The molecule has 5 nitrogen and oxygen atoms in total. The van der Waals surface area contributed by atoms with Crippen LogP contribution in [0.4, 0.5) is 0 Å². The fourth-order valence-corrected chi connectivity index (χ4v) is 5.28. The molecule has 2 aliphatic heterocycles. The molecule has 5 heteroatoms. The monoisotopic (exact) mass is 350 g/mol. The molecule has 1 aromatic heterocycles. The standard InChI is InChI=1S/C21H26N4O/c26-20(21-10-5-4-6-17(21)13-22-15-21)24-11-9-19-16(14-24)12-23-25(19)18-7-2-1-3-8-18/h1-3,7-8,12,17,22H,4-6,9-11,13-15H2/t17-,21-/m1/s1. The van der Waals surface area contributed by atoms with Gasteiger partial charge in [-0.2, -0.15) is 5.10 Å². The molecule has 2 atom stereocenters. The van der Waals surface area contributed by atoms with Gasteiger partial charge in [0.2, 0.25) is 5.91 Å². The number of carbonyl (C=O) groups is 1. The molecule has 26 heavy (non-hydrogen) atoms. The number of hydrogen-bond donors (Lipinski definition) is 1. The van der Waals surface area contributed by atoms with E-state index in [-0.39, 0.29) is 5.41 Å². The zero-order chi connectivity index (χ0) is 17.6. The number of nitrogens with zero attached hydrogens (tertiary/aromatic N) is 3. The average molecular weight is 350 g/mol. The van der Waals surface area contributed by atoms with Crippen LogP contribution >= 0.6 is 0 Å². The van der Waals surface area contributed by atoms with E-state index in [2.05, 4.69) is 27.4 Å². The van der Waals surface area contributed by atoms with Crippen LogP contribution in [0, 0.1) is 11.3 Å². The second kappa shape index (κ2) is 6.23. The summed E-state index contributed by atoms with van der Waals surface area (Å²) in [7, 11) is 0. The minimum absolute atomic E-state index is 0.148. The first-order valence-corrected chi connectivity index (χ1v) is 9.89. The van der Waals surface area contributed by atoms with E-state index in [1.165, 1.54) is 30.5 Å². The lowest BCUT2D eigenvalue weighted by Gasteiger charge is -2.41. The van der Waals surface area contributed by atoms with E-state index in [0.717, 1.165) is 38.2 Å². The van der Waals surface area contributed by atoms with Gasteiger partial charge in [-0.3, -0.25) is 4.79 Å². The minimum atomic E-state index is -0.148. The maximum atomic E-state index is 13.5. The molecule has 1 amide bonds. The number of benzene rings is 1. The van der Waals surface area contributed by atoms with Gasteiger partial charge in [-0.05, 0) is 37.4 Å². The SMILES string of the molecule is O=C(N1CCc2c(cnn2-c2ccccc2)C1)[C@@]12CCCC[C@@H]1CNC2. The zero-order valence-electron chi connectivity index (χ0n) is 15.2. The highest BCUT2D eigenvalue weighted by molar-refractivity contribution is 5.84. The molecule has 1 aliphatic carbocycles. The average Bonchev–Trinajstić information content (AvgIpc) is 3.32. The van der Waals surface area contributed by atoms with Crippen LogP contribution in [-0.4, -0.2) is 40.2 Å². The van der Waals surface area contributed by atoms with E-state index in [1.54, 1.807) is 0 Å². The smallest absolute Gasteiger partial charge is 0.230 e. The predicted molar refractivity (Wildman–Crippen MR) is 99.9 cm³/mol. The topological polar surface area (TPSA) is 50.2 Å². The largest absolute Gasteiger partial charge is 0.337 e. The quantitative estimate of drug-likeness (QED) is 0.905. The molecular weight excluding hydrogens is 324 g/mol. The normalized spacial score (nSPS) is 27.8. The van der Waals surface area contributed by atoms with E-state index < -0.39 is 0 Å². The molecular formula is C21H26N4O. The molecule has 0 unspecified atom stereocenters. The lowest BCUT2D eigenvalue weighted by Crippen LogP contribution is -2.51. The summed E-state index contributed by atoms with van der Waals surface area (Å²) < 4.78 is 2.04. The second-order valence-corrected chi connectivity index (χ2v) is 8.07. The fraction of sp³-hybridized carbons (Fsp3) is 0.524. The lowest BCUT2D eigenvalue weighted by atomic mass is 9.67. The van der Waals surface area contributed by atoms with Gasteiger partial charge in [0.25, 0.3) is 0 Å². The maximum absolute atomic E-state index is 13.5. The molecule has 2 fully saturated rings. The number of amides is 1. The summed E-state index contributed by atoms with van der Waals surface area (Å²) in [6.45, 7) is 3.38. The zero-order valence-corrected chi connectivity index (χ0v) is 15.2. The van der Waals surface area contributed by atoms with Crippen LogP contribution in [0.2, 0.25) is 0 Å². The highest BCUT2D eigenvalue weighted by atomic mass is 16.2. The highest BCUT2D eigenvalue weighted by Gasteiger charge is 2.51. The molecule has 1 N–H and O–H groups in total. The number of nitrogens with one attached hydrogen (secondary N) is 1. The summed E-state index contributed by atoms with van der Waals surface area (Å²) in [5.41, 5.74) is 3.40. The van der Waals surface area contributed by atoms with Crippen LogP contribution in [0.3, 0.4) is 0 Å². The van der Waals surface area contributed by atoms with Gasteiger partial charge in [0, 0.05) is 31.6 Å². The Balaban J connectivity index is 1.40. The van der Waals surface area contributed by atoms with Crippen molar-refractivity contribution < 1.29 is 4.79 Å². The molecule has 136 valence electrons. The Morgan fingerprint density at radius 2 is 2.12 bits per heavy atom. The minimum Gasteiger partial charge on any atom is -0.337 e. The molecule has 3 aliphatic rings. The molecule has 0 radical (unpaired) electrons. The van der Waals surface area contributed by atoms with Crippen molar-refractivity contribution in [2.24, 2.45) is 11.3 Å². The number of rotatable bonds is 2. The van der Waals surface area contributed by atoms with Crippen LogP contribution in [0.25, 0.3) is 5.69 Å². The van der Waals surface area contributed by atoms with Gasteiger partial charge in [-0.25, -0.2) is 4.68 Å². The van der Waals surface area contributed by atoms with Gasteiger partial charge in [0.15, 0.2) is 0 Å². The van der Waals surface area contributed by atoms with Crippen molar-refractivity contribution >= 4 is 5.91 Å². The van der Waals surface area contributed by atoms with Crippen molar-refractivity contribution in [1.29, 1.82) is 0 Å². The number of fused-ring (bicyclic) bond motifs is 2. The molecule has 1 saturated heterocycles. The lowest BCUT2D eigenvalue weighted by molar-refractivity contribution is -0.146. The summed E-state index contributed by atoms with van der Waals surface area (Å²) >= 11 is 0. The first kappa shape index (κ1) is 16.1. The molecule has 3 heterocycles. The fourth-order valence-electron chi connectivity index (χ4n) is 5.28. The molecule has 0 bridgehead atoms. The molecule has 2 aromatic rings. The Morgan fingerprint density at radius 1 is 1.23 bits per heavy atom. The Bertz CT molecular complexity index is 815. The number of carbonyl (C=O) groups excluding carboxylic acids is 1. The molecule has 1 saturated carbocycles. The van der Waals surface area contributed by atoms with E-state index in [9.17, 15) is 4.79 Å².